The van der Waals surface area contributed by atoms with Crippen LogP contribution in [0.1, 0.15) is 37.8 Å². The van der Waals surface area contributed by atoms with E-state index in [0.717, 1.165) is 35.1 Å². The Balaban J connectivity index is 1.60. The zero-order chi connectivity index (χ0) is 22.4. The SMILES string of the molecule is CCN(CC)CC(=O)Cc1cnc2ccc(CNC(=O)ON3C(=O)CCC3=O)cc2c1. The molecular weight excluding hydrogens is 400 g/mol. The number of benzene rings is 1. The lowest BCUT2D eigenvalue weighted by molar-refractivity contribution is -0.171. The standard InChI is InChI=1S/C22H26N4O5/c1-3-25(4-2)14-18(27)11-16-10-17-9-15(5-6-19(17)23-13-16)12-24-22(30)31-26-20(28)7-8-21(26)29/h5-6,9-10,13H,3-4,7-8,11-12,14H2,1-2H3,(H,24,30). The molecule has 0 radical (unpaired) electrons. The van der Waals surface area contributed by atoms with E-state index >= 15 is 0 Å². The fourth-order valence-electron chi connectivity index (χ4n) is 3.36. The third-order valence-corrected chi connectivity index (χ3v) is 5.11. The Morgan fingerprint density at radius 3 is 2.45 bits per heavy atom. The van der Waals surface area contributed by atoms with Gasteiger partial charge in [0.2, 0.25) is 0 Å². The molecule has 1 N–H and O–H groups in total. The van der Waals surface area contributed by atoms with Crippen LogP contribution in [0.5, 0.6) is 0 Å². The number of ketones is 1. The van der Waals surface area contributed by atoms with Gasteiger partial charge in [0.25, 0.3) is 11.8 Å². The highest BCUT2D eigenvalue weighted by molar-refractivity contribution is 6.01. The van der Waals surface area contributed by atoms with Gasteiger partial charge in [-0.25, -0.2) is 4.79 Å². The van der Waals surface area contributed by atoms with E-state index in [1.54, 1.807) is 6.20 Å². The molecule has 2 heterocycles. The number of carbonyl (C=O) groups excluding carboxylic acids is 4. The first-order valence-electron chi connectivity index (χ1n) is 10.3. The lowest BCUT2D eigenvalue weighted by Gasteiger charge is -2.16. The van der Waals surface area contributed by atoms with Crippen molar-refractivity contribution in [3.05, 3.63) is 41.6 Å². The van der Waals surface area contributed by atoms with E-state index in [9.17, 15) is 19.2 Å². The summed E-state index contributed by atoms with van der Waals surface area (Å²) in [5, 5.41) is 3.88. The van der Waals surface area contributed by atoms with Gasteiger partial charge in [-0.1, -0.05) is 19.9 Å². The number of likely N-dealkylation sites (N-methyl/N-ethyl adjacent to an activating group) is 1. The van der Waals surface area contributed by atoms with E-state index in [1.165, 1.54) is 0 Å². The second kappa shape index (κ2) is 10.1. The molecule has 1 saturated heterocycles. The van der Waals surface area contributed by atoms with E-state index in [0.29, 0.717) is 18.0 Å². The zero-order valence-corrected chi connectivity index (χ0v) is 17.7. The summed E-state index contributed by atoms with van der Waals surface area (Å²) in [6.07, 6.45) is 1.23. The van der Waals surface area contributed by atoms with Gasteiger partial charge in [-0.2, -0.15) is 0 Å². The topological polar surface area (TPSA) is 109 Å². The highest BCUT2D eigenvalue weighted by atomic mass is 16.7. The Morgan fingerprint density at radius 1 is 1.10 bits per heavy atom. The quantitative estimate of drug-likeness (QED) is 0.611. The number of aromatic nitrogens is 1. The highest BCUT2D eigenvalue weighted by Gasteiger charge is 2.32. The number of pyridine rings is 1. The van der Waals surface area contributed by atoms with Gasteiger partial charge < -0.3 is 10.2 Å². The largest absolute Gasteiger partial charge is 0.432 e. The Kier molecular flexibility index (Phi) is 7.30. The predicted molar refractivity (Wildman–Crippen MR) is 113 cm³/mol. The summed E-state index contributed by atoms with van der Waals surface area (Å²) >= 11 is 0. The molecule has 1 aromatic carbocycles. The van der Waals surface area contributed by atoms with Crippen LogP contribution in [0.15, 0.2) is 30.5 Å². The summed E-state index contributed by atoms with van der Waals surface area (Å²) in [4.78, 5) is 58.5. The second-order valence-electron chi connectivity index (χ2n) is 7.36. The summed E-state index contributed by atoms with van der Waals surface area (Å²) in [7, 11) is 0. The number of Topliss-reactive ketones (excluding diaryl/α,β-unsaturated/α-hetero) is 1. The van der Waals surface area contributed by atoms with Crippen molar-refractivity contribution in [2.75, 3.05) is 19.6 Å². The lowest BCUT2D eigenvalue weighted by atomic mass is 10.1. The van der Waals surface area contributed by atoms with Crippen LogP contribution in [-0.2, 0) is 32.2 Å². The summed E-state index contributed by atoms with van der Waals surface area (Å²) in [5.41, 5.74) is 2.40. The summed E-state index contributed by atoms with van der Waals surface area (Å²) in [6, 6.07) is 7.43. The molecule has 9 heteroatoms. The molecule has 0 atom stereocenters. The third kappa shape index (κ3) is 5.85. The van der Waals surface area contributed by atoms with Crippen molar-refractivity contribution in [3.8, 4) is 0 Å². The Hall–Kier alpha value is -3.33. The van der Waals surface area contributed by atoms with Crippen LogP contribution in [-0.4, -0.2) is 58.3 Å². The van der Waals surface area contributed by atoms with Crippen LogP contribution in [0.2, 0.25) is 0 Å². The van der Waals surface area contributed by atoms with Gasteiger partial charge in [0.1, 0.15) is 0 Å². The molecule has 0 spiro atoms. The highest BCUT2D eigenvalue weighted by Crippen LogP contribution is 2.17. The average Bonchev–Trinajstić information content (AvgIpc) is 3.07. The van der Waals surface area contributed by atoms with Crippen LogP contribution in [0.25, 0.3) is 10.9 Å². The molecule has 0 saturated carbocycles. The van der Waals surface area contributed by atoms with Crippen molar-refractivity contribution in [2.45, 2.75) is 39.7 Å². The minimum Gasteiger partial charge on any atom is -0.316 e. The Bertz CT molecular complexity index is 987. The van der Waals surface area contributed by atoms with Crippen LogP contribution in [0, 0.1) is 0 Å². The van der Waals surface area contributed by atoms with Gasteiger partial charge in [0.15, 0.2) is 5.78 Å². The van der Waals surface area contributed by atoms with Gasteiger partial charge in [-0.05, 0) is 42.4 Å². The number of nitrogens with one attached hydrogen (secondary N) is 1. The maximum atomic E-state index is 12.3. The number of carbonyl (C=O) groups is 4. The number of hydrogen-bond donors (Lipinski definition) is 1. The van der Waals surface area contributed by atoms with E-state index < -0.39 is 17.9 Å². The van der Waals surface area contributed by atoms with Crippen LogP contribution in [0.4, 0.5) is 4.79 Å². The predicted octanol–water partition coefficient (Wildman–Crippen LogP) is 1.98. The van der Waals surface area contributed by atoms with Crippen LogP contribution >= 0.6 is 0 Å². The number of hydroxylamine groups is 2. The normalized spacial score (nSPS) is 13.8. The molecule has 164 valence electrons. The number of nitrogens with zero attached hydrogens (tertiary/aromatic N) is 3. The van der Waals surface area contributed by atoms with Crippen molar-refractivity contribution < 1.29 is 24.0 Å². The van der Waals surface area contributed by atoms with Gasteiger partial charge in [0.05, 0.1) is 12.1 Å². The van der Waals surface area contributed by atoms with Crippen molar-refractivity contribution >= 4 is 34.6 Å². The molecular formula is C22H26N4O5. The molecule has 2 aromatic rings. The van der Waals surface area contributed by atoms with E-state index in [4.69, 9.17) is 4.84 Å². The number of rotatable bonds is 9. The molecule has 1 aliphatic heterocycles. The molecule has 9 nitrogen and oxygen atoms in total. The van der Waals surface area contributed by atoms with Crippen molar-refractivity contribution in [2.24, 2.45) is 0 Å². The number of hydrogen-bond acceptors (Lipinski definition) is 7. The fraction of sp³-hybridized carbons (Fsp3) is 0.409. The smallest absolute Gasteiger partial charge is 0.316 e. The molecule has 31 heavy (non-hydrogen) atoms. The number of amides is 3. The van der Waals surface area contributed by atoms with Crippen molar-refractivity contribution in [1.29, 1.82) is 0 Å². The Labute approximate surface area is 180 Å². The molecule has 0 aliphatic carbocycles. The van der Waals surface area contributed by atoms with E-state index in [1.807, 2.05) is 38.1 Å². The van der Waals surface area contributed by atoms with Gasteiger partial charge in [-0.15, -0.1) is 5.06 Å². The van der Waals surface area contributed by atoms with E-state index in [2.05, 4.69) is 15.2 Å². The maximum Gasteiger partial charge on any atom is 0.432 e. The molecule has 3 amide bonds. The summed E-state index contributed by atoms with van der Waals surface area (Å²) in [6.45, 7) is 6.28. The molecule has 1 aromatic heterocycles. The fourth-order valence-corrected chi connectivity index (χ4v) is 3.36. The minimum absolute atomic E-state index is 0.0452. The summed E-state index contributed by atoms with van der Waals surface area (Å²) < 4.78 is 0. The van der Waals surface area contributed by atoms with Gasteiger partial charge in [0, 0.05) is 37.4 Å². The maximum absolute atomic E-state index is 12.3. The molecule has 1 aliphatic rings. The van der Waals surface area contributed by atoms with Crippen LogP contribution in [0.3, 0.4) is 0 Å². The zero-order valence-electron chi connectivity index (χ0n) is 17.7. The summed E-state index contributed by atoms with van der Waals surface area (Å²) in [5.74, 6) is -0.920. The molecule has 0 unspecified atom stereocenters. The molecule has 1 fully saturated rings. The average molecular weight is 426 g/mol. The number of fused-ring (bicyclic) bond motifs is 1. The third-order valence-electron chi connectivity index (χ3n) is 5.11. The van der Waals surface area contributed by atoms with Gasteiger partial charge in [-0.3, -0.25) is 24.3 Å². The molecule has 3 rings (SSSR count). The second-order valence-corrected chi connectivity index (χ2v) is 7.36. The van der Waals surface area contributed by atoms with Crippen LogP contribution < -0.4 is 5.32 Å². The minimum atomic E-state index is -0.877. The molecule has 0 bridgehead atoms. The first-order chi connectivity index (χ1) is 14.9. The monoisotopic (exact) mass is 426 g/mol. The first kappa shape index (κ1) is 22.4. The number of imide groups is 1. The van der Waals surface area contributed by atoms with Crippen molar-refractivity contribution in [3.63, 3.8) is 0 Å². The lowest BCUT2D eigenvalue weighted by Crippen LogP contribution is -2.36. The van der Waals surface area contributed by atoms with Gasteiger partial charge >= 0.3 is 6.09 Å². The van der Waals surface area contributed by atoms with E-state index in [-0.39, 0.29) is 25.2 Å². The Morgan fingerprint density at radius 2 is 1.77 bits per heavy atom. The first-order valence-corrected chi connectivity index (χ1v) is 10.3. The van der Waals surface area contributed by atoms with Crippen molar-refractivity contribution in [1.82, 2.24) is 20.3 Å².